The summed E-state index contributed by atoms with van der Waals surface area (Å²) in [6, 6.07) is 9.83. The van der Waals surface area contributed by atoms with Gasteiger partial charge in [0.05, 0.1) is 29.9 Å². The third kappa shape index (κ3) is 7.08. The molecule has 1 unspecified atom stereocenters. The minimum Gasteiger partial charge on any atom is -0.426 e. The Balaban J connectivity index is 1.48. The topological polar surface area (TPSA) is 138 Å². The van der Waals surface area contributed by atoms with Crippen LogP contribution in [0.15, 0.2) is 35.5 Å². The minimum absolute atomic E-state index is 0.120. The number of nitrogens with zero attached hydrogens (tertiary/aromatic N) is 3. The SMILES string of the molecule is Cc1cccc(CC2(C(=O)N[C@@H](CC(C)C)B(O)O)CC(CNC(=O)c3cc(C)nn3C3CCCC3)=NO2)c1. The first-order valence-electron chi connectivity index (χ1n) is 13.9. The van der Waals surface area contributed by atoms with Crippen LogP contribution in [0.5, 0.6) is 0 Å². The van der Waals surface area contributed by atoms with Crippen LogP contribution in [0.4, 0.5) is 0 Å². The predicted molar refractivity (Wildman–Crippen MR) is 149 cm³/mol. The first-order valence-corrected chi connectivity index (χ1v) is 13.9. The van der Waals surface area contributed by atoms with Crippen molar-refractivity contribution < 1.29 is 24.5 Å². The molecule has 2 heterocycles. The number of aromatic nitrogens is 2. The second kappa shape index (κ2) is 12.3. The van der Waals surface area contributed by atoms with E-state index < -0.39 is 24.6 Å². The van der Waals surface area contributed by atoms with Crippen LogP contribution in [0.25, 0.3) is 0 Å². The maximum atomic E-state index is 13.6. The van der Waals surface area contributed by atoms with E-state index in [4.69, 9.17) is 4.84 Å². The number of oxime groups is 1. The first-order chi connectivity index (χ1) is 18.6. The Kier molecular flexibility index (Phi) is 9.12. The zero-order valence-electron chi connectivity index (χ0n) is 23.3. The smallest absolute Gasteiger partial charge is 0.426 e. The Hall–Kier alpha value is -3.18. The summed E-state index contributed by atoms with van der Waals surface area (Å²) < 4.78 is 1.84. The lowest BCUT2D eigenvalue weighted by molar-refractivity contribution is -0.144. The zero-order valence-corrected chi connectivity index (χ0v) is 23.3. The Morgan fingerprint density at radius 2 is 1.95 bits per heavy atom. The Labute approximate surface area is 230 Å². The van der Waals surface area contributed by atoms with E-state index in [1.807, 2.05) is 56.6 Å². The van der Waals surface area contributed by atoms with Gasteiger partial charge in [-0.15, -0.1) is 0 Å². The van der Waals surface area contributed by atoms with Crippen molar-refractivity contribution in [3.8, 4) is 0 Å². The molecule has 0 radical (unpaired) electrons. The summed E-state index contributed by atoms with van der Waals surface area (Å²) in [6.45, 7) is 7.86. The summed E-state index contributed by atoms with van der Waals surface area (Å²) in [6.07, 6.45) is 5.08. The van der Waals surface area contributed by atoms with Crippen molar-refractivity contribution >= 4 is 24.6 Å². The molecule has 4 rings (SSSR count). The Bertz CT molecular complexity index is 1210. The van der Waals surface area contributed by atoms with Gasteiger partial charge in [0.2, 0.25) is 5.60 Å². The number of carbonyl (C=O) groups is 2. The maximum absolute atomic E-state index is 13.6. The normalized spacial score (nSPS) is 20.0. The average Bonchev–Trinajstić information content (AvgIpc) is 3.62. The molecular weight excluding hydrogens is 497 g/mol. The summed E-state index contributed by atoms with van der Waals surface area (Å²) in [7, 11) is -1.71. The molecule has 1 aromatic carbocycles. The molecule has 2 aromatic rings. The predicted octanol–water partition coefficient (Wildman–Crippen LogP) is 2.65. The minimum atomic E-state index is -1.71. The average molecular weight is 537 g/mol. The fourth-order valence-corrected chi connectivity index (χ4v) is 5.54. The Morgan fingerprint density at radius 3 is 2.62 bits per heavy atom. The molecule has 2 atom stereocenters. The molecule has 10 nitrogen and oxygen atoms in total. The molecule has 0 bridgehead atoms. The van der Waals surface area contributed by atoms with Crippen LogP contribution in [-0.2, 0) is 16.1 Å². The number of hydrogen-bond donors (Lipinski definition) is 4. The molecule has 1 saturated carbocycles. The number of nitrogens with one attached hydrogen (secondary N) is 2. The fraction of sp³-hybridized carbons (Fsp3) is 0.571. The van der Waals surface area contributed by atoms with Crippen LogP contribution >= 0.6 is 0 Å². The van der Waals surface area contributed by atoms with Gasteiger partial charge in [-0.25, -0.2) is 0 Å². The summed E-state index contributed by atoms with van der Waals surface area (Å²) in [4.78, 5) is 32.6. The van der Waals surface area contributed by atoms with E-state index in [2.05, 4.69) is 20.9 Å². The van der Waals surface area contributed by atoms with Gasteiger partial charge in [0.1, 0.15) is 5.69 Å². The lowest BCUT2D eigenvalue weighted by Gasteiger charge is -2.29. The second-order valence-electron chi connectivity index (χ2n) is 11.4. The number of rotatable bonds is 11. The van der Waals surface area contributed by atoms with E-state index in [9.17, 15) is 19.6 Å². The van der Waals surface area contributed by atoms with E-state index in [0.717, 1.165) is 42.5 Å². The van der Waals surface area contributed by atoms with Crippen LogP contribution in [-0.4, -0.2) is 62.6 Å². The van der Waals surface area contributed by atoms with Gasteiger partial charge in [0.25, 0.3) is 11.8 Å². The largest absolute Gasteiger partial charge is 0.475 e. The van der Waals surface area contributed by atoms with E-state index >= 15 is 0 Å². The number of amides is 2. The fourth-order valence-electron chi connectivity index (χ4n) is 5.54. The summed E-state index contributed by atoms with van der Waals surface area (Å²) in [5, 5.41) is 34.3. The van der Waals surface area contributed by atoms with Crippen molar-refractivity contribution in [3.05, 3.63) is 52.8 Å². The van der Waals surface area contributed by atoms with Crippen molar-refractivity contribution in [2.24, 2.45) is 11.1 Å². The van der Waals surface area contributed by atoms with Crippen LogP contribution in [0.3, 0.4) is 0 Å². The molecule has 0 spiro atoms. The highest BCUT2D eigenvalue weighted by Crippen LogP contribution is 2.31. The highest BCUT2D eigenvalue weighted by Gasteiger charge is 2.48. The van der Waals surface area contributed by atoms with Crippen molar-refractivity contribution in [2.75, 3.05) is 6.54 Å². The molecule has 1 aliphatic heterocycles. The number of carbonyl (C=O) groups excluding carboxylic acids is 2. The molecule has 1 aromatic heterocycles. The van der Waals surface area contributed by atoms with Crippen LogP contribution < -0.4 is 10.6 Å². The third-order valence-electron chi connectivity index (χ3n) is 7.44. The van der Waals surface area contributed by atoms with Crippen LogP contribution in [0, 0.1) is 19.8 Å². The molecule has 11 heteroatoms. The van der Waals surface area contributed by atoms with Gasteiger partial charge in [-0.05, 0) is 50.7 Å². The molecule has 210 valence electrons. The van der Waals surface area contributed by atoms with Crippen molar-refractivity contribution in [1.29, 1.82) is 0 Å². The van der Waals surface area contributed by atoms with Gasteiger partial charge < -0.3 is 25.5 Å². The molecule has 39 heavy (non-hydrogen) atoms. The zero-order chi connectivity index (χ0) is 28.2. The van der Waals surface area contributed by atoms with Crippen molar-refractivity contribution in [2.45, 2.75) is 90.2 Å². The number of hydrogen-bond acceptors (Lipinski definition) is 7. The monoisotopic (exact) mass is 537 g/mol. The highest BCUT2D eigenvalue weighted by atomic mass is 16.7. The van der Waals surface area contributed by atoms with Gasteiger partial charge in [-0.1, -0.05) is 61.7 Å². The molecule has 2 amide bonds. The summed E-state index contributed by atoms with van der Waals surface area (Å²) >= 11 is 0. The van der Waals surface area contributed by atoms with Gasteiger partial charge in [0.15, 0.2) is 0 Å². The number of aryl methyl sites for hydroxylation is 2. The highest BCUT2D eigenvalue weighted by molar-refractivity contribution is 6.43. The van der Waals surface area contributed by atoms with Crippen molar-refractivity contribution in [3.63, 3.8) is 0 Å². The van der Waals surface area contributed by atoms with Gasteiger partial charge in [-0.3, -0.25) is 14.3 Å². The first kappa shape index (κ1) is 28.8. The number of benzene rings is 1. The maximum Gasteiger partial charge on any atom is 0.475 e. The molecular formula is C28H40BN5O5. The summed E-state index contributed by atoms with van der Waals surface area (Å²) in [5.41, 5.74) is 2.42. The molecule has 2 aliphatic rings. The van der Waals surface area contributed by atoms with Crippen LogP contribution in [0.2, 0.25) is 0 Å². The lowest BCUT2D eigenvalue weighted by atomic mass is 9.74. The van der Waals surface area contributed by atoms with E-state index in [-0.39, 0.29) is 37.3 Å². The molecule has 1 fully saturated rings. The molecule has 4 N–H and O–H groups in total. The van der Waals surface area contributed by atoms with Gasteiger partial charge in [0, 0.05) is 12.8 Å². The summed E-state index contributed by atoms with van der Waals surface area (Å²) in [5.74, 6) is -1.43. The van der Waals surface area contributed by atoms with Gasteiger partial charge in [-0.2, -0.15) is 5.10 Å². The van der Waals surface area contributed by atoms with Crippen molar-refractivity contribution in [1.82, 2.24) is 20.4 Å². The van der Waals surface area contributed by atoms with Crippen LogP contribution in [0.1, 0.15) is 85.7 Å². The molecule has 1 aliphatic carbocycles. The van der Waals surface area contributed by atoms with Gasteiger partial charge >= 0.3 is 7.12 Å². The van der Waals surface area contributed by atoms with E-state index in [1.165, 1.54) is 0 Å². The standard InChI is InChI=1S/C28H40BN5O5/c1-18(2)12-25(29(37)38)31-27(36)28(15-21-9-7-8-19(3)13-21)16-22(33-39-28)17-30-26(35)24-14-20(4)32-34(24)23-10-5-6-11-23/h7-9,13-14,18,23,25,37-38H,5-6,10-12,15-17H2,1-4H3,(H,30,35)(H,31,36)/t25-,28?/m0/s1. The van der Waals surface area contributed by atoms with E-state index in [1.54, 1.807) is 6.07 Å². The third-order valence-corrected chi connectivity index (χ3v) is 7.44. The quantitative estimate of drug-likeness (QED) is 0.325. The Morgan fingerprint density at radius 1 is 1.21 bits per heavy atom. The molecule has 0 saturated heterocycles. The van der Waals surface area contributed by atoms with E-state index in [0.29, 0.717) is 17.8 Å². The second-order valence-corrected chi connectivity index (χ2v) is 11.4. The lowest BCUT2D eigenvalue weighted by Crippen LogP contribution is -2.56.